The molecule has 1 fully saturated rings. The molecule has 4 heterocycles. The molecule has 7 heteroatoms. The van der Waals surface area contributed by atoms with Crippen LogP contribution in [-0.4, -0.2) is 54.2 Å². The number of carbonyl (C=O) groups excluding carboxylic acids is 1. The van der Waals surface area contributed by atoms with Crippen molar-refractivity contribution in [1.29, 1.82) is 0 Å². The van der Waals surface area contributed by atoms with Crippen molar-refractivity contribution in [1.82, 2.24) is 24.5 Å². The first kappa shape index (κ1) is 23.5. The van der Waals surface area contributed by atoms with Crippen LogP contribution in [0.4, 0.5) is 0 Å². The Morgan fingerprint density at radius 2 is 1.94 bits per heavy atom. The first-order valence-electron chi connectivity index (χ1n) is 12.6. The lowest BCUT2D eigenvalue weighted by Crippen LogP contribution is -2.41. The number of nitrogens with one attached hydrogen (secondary N) is 1. The van der Waals surface area contributed by atoms with Gasteiger partial charge in [-0.05, 0) is 80.8 Å². The Hall–Kier alpha value is -3.19. The van der Waals surface area contributed by atoms with E-state index < -0.39 is 5.60 Å². The Morgan fingerprint density at radius 1 is 1.20 bits per heavy atom. The number of aliphatic hydroxyl groups is 1. The number of benzene rings is 1. The average molecular weight is 474 g/mol. The number of hydrogen-bond donors (Lipinski definition) is 2. The number of rotatable bonds is 5. The van der Waals surface area contributed by atoms with E-state index in [0.29, 0.717) is 11.8 Å². The summed E-state index contributed by atoms with van der Waals surface area (Å²) < 4.78 is 1.81. The molecule has 184 valence electrons. The summed E-state index contributed by atoms with van der Waals surface area (Å²) in [6.07, 6.45) is 4.03. The van der Waals surface area contributed by atoms with E-state index in [1.54, 1.807) is 13.8 Å². The van der Waals surface area contributed by atoms with Gasteiger partial charge in [-0.15, -0.1) is 0 Å². The Morgan fingerprint density at radius 3 is 2.63 bits per heavy atom. The molecule has 1 amide bonds. The topological polar surface area (TPSA) is 86.5 Å². The van der Waals surface area contributed by atoms with Crippen LogP contribution < -0.4 is 0 Å². The van der Waals surface area contributed by atoms with Crippen molar-refractivity contribution in [2.75, 3.05) is 13.1 Å². The van der Waals surface area contributed by atoms with Crippen molar-refractivity contribution >= 4 is 22.5 Å². The molecule has 4 aromatic rings. The quantitative estimate of drug-likeness (QED) is 0.418. The molecule has 3 aromatic heterocycles. The van der Waals surface area contributed by atoms with E-state index in [-0.39, 0.29) is 12.3 Å². The van der Waals surface area contributed by atoms with Crippen molar-refractivity contribution in [3.8, 4) is 11.3 Å². The smallest absolute Gasteiger partial charge is 0.225 e. The highest BCUT2D eigenvalue weighted by Crippen LogP contribution is 2.38. The number of aryl methyl sites for hydroxylation is 1. The minimum absolute atomic E-state index is 0.0450. The molecule has 0 atom stereocenters. The molecule has 1 aromatic carbocycles. The number of nitrogens with zero attached hydrogens (tertiary/aromatic N) is 4. The molecule has 0 aliphatic carbocycles. The minimum atomic E-state index is -0.963. The Balaban J connectivity index is 1.43. The van der Waals surface area contributed by atoms with E-state index in [1.807, 2.05) is 22.5 Å². The number of pyridine rings is 1. The van der Waals surface area contributed by atoms with E-state index >= 15 is 0 Å². The van der Waals surface area contributed by atoms with Crippen LogP contribution in [-0.2, 0) is 4.79 Å². The lowest BCUT2D eigenvalue weighted by atomic mass is 9.87. The predicted molar refractivity (Wildman–Crippen MR) is 139 cm³/mol. The molecule has 2 N–H and O–H groups in total. The summed E-state index contributed by atoms with van der Waals surface area (Å²) in [6.45, 7) is 11.3. The predicted octanol–water partition coefficient (Wildman–Crippen LogP) is 5.18. The molecule has 35 heavy (non-hydrogen) atoms. The molecule has 1 saturated heterocycles. The van der Waals surface area contributed by atoms with Crippen LogP contribution in [0, 0.1) is 6.92 Å². The number of likely N-dealkylation sites (tertiary alicyclic amines) is 1. The molecular formula is C28H35N5O2. The molecule has 7 nitrogen and oxygen atoms in total. The number of amides is 1. The number of aromatic nitrogens is 4. The number of H-pyrrole nitrogens is 1. The van der Waals surface area contributed by atoms with Gasteiger partial charge >= 0.3 is 0 Å². The largest absolute Gasteiger partial charge is 0.390 e. The number of carbonyl (C=O) groups is 1. The van der Waals surface area contributed by atoms with E-state index in [1.165, 1.54) is 16.5 Å². The highest BCUT2D eigenvalue weighted by atomic mass is 16.3. The van der Waals surface area contributed by atoms with Gasteiger partial charge in [0.25, 0.3) is 0 Å². The number of aromatic amines is 1. The molecule has 5 rings (SSSR count). The molecule has 0 bridgehead atoms. The van der Waals surface area contributed by atoms with Crippen molar-refractivity contribution < 1.29 is 9.90 Å². The summed E-state index contributed by atoms with van der Waals surface area (Å²) in [6, 6.07) is 11.0. The Labute approximate surface area is 206 Å². The third-order valence-electron chi connectivity index (χ3n) is 7.08. The highest BCUT2D eigenvalue weighted by Gasteiger charge is 2.28. The van der Waals surface area contributed by atoms with Crippen molar-refractivity contribution in [2.45, 2.75) is 71.3 Å². The van der Waals surface area contributed by atoms with Crippen LogP contribution in [0.2, 0.25) is 0 Å². The fourth-order valence-electron chi connectivity index (χ4n) is 5.40. The minimum Gasteiger partial charge on any atom is -0.390 e. The third kappa shape index (κ3) is 4.69. The van der Waals surface area contributed by atoms with Gasteiger partial charge in [-0.25, -0.2) is 9.50 Å². The molecule has 0 radical (unpaired) electrons. The van der Waals surface area contributed by atoms with Crippen LogP contribution in [0.25, 0.3) is 27.8 Å². The van der Waals surface area contributed by atoms with Crippen molar-refractivity contribution in [3.05, 3.63) is 53.5 Å². The summed E-state index contributed by atoms with van der Waals surface area (Å²) in [4.78, 5) is 22.6. The molecular weight excluding hydrogens is 438 g/mol. The molecule has 1 aliphatic heterocycles. The van der Waals surface area contributed by atoms with E-state index in [0.717, 1.165) is 54.2 Å². The zero-order chi connectivity index (χ0) is 24.9. The number of hydrogen-bond acceptors (Lipinski definition) is 4. The first-order valence-corrected chi connectivity index (χ1v) is 12.6. The summed E-state index contributed by atoms with van der Waals surface area (Å²) >= 11 is 0. The Bertz CT molecular complexity index is 1380. The third-order valence-corrected chi connectivity index (χ3v) is 7.08. The maximum absolute atomic E-state index is 12.5. The van der Waals surface area contributed by atoms with Gasteiger partial charge in [0.2, 0.25) is 5.91 Å². The van der Waals surface area contributed by atoms with Gasteiger partial charge in [0, 0.05) is 35.8 Å². The molecule has 0 spiro atoms. The van der Waals surface area contributed by atoms with Crippen LogP contribution in [0.1, 0.15) is 75.7 Å². The van der Waals surface area contributed by atoms with Gasteiger partial charge in [-0.1, -0.05) is 19.9 Å². The van der Waals surface area contributed by atoms with Gasteiger partial charge in [0.05, 0.1) is 17.7 Å². The van der Waals surface area contributed by atoms with Crippen LogP contribution in [0.3, 0.4) is 0 Å². The summed E-state index contributed by atoms with van der Waals surface area (Å²) in [5.41, 5.74) is 5.94. The standard InChI is InChI=1S/C28H35N5O2/c1-17(2)26-22-14-20(19-8-11-32(12-9-19)25(34)16-28(4,5)35)6-7-23(22)30-27(26)21-10-13-33-24(15-21)29-18(3)31-33/h6-7,10,13-15,17,19,30,35H,8-9,11-12,16H2,1-5H3. The van der Waals surface area contributed by atoms with E-state index in [9.17, 15) is 9.90 Å². The second kappa shape index (κ2) is 8.79. The zero-order valence-electron chi connectivity index (χ0n) is 21.3. The van der Waals surface area contributed by atoms with Gasteiger partial charge < -0.3 is 15.0 Å². The fraction of sp³-hybridized carbons (Fsp3) is 0.464. The van der Waals surface area contributed by atoms with Gasteiger partial charge in [0.1, 0.15) is 5.82 Å². The van der Waals surface area contributed by atoms with Crippen molar-refractivity contribution in [3.63, 3.8) is 0 Å². The van der Waals surface area contributed by atoms with Gasteiger partial charge in [-0.2, -0.15) is 5.10 Å². The van der Waals surface area contributed by atoms with E-state index in [2.05, 4.69) is 59.2 Å². The van der Waals surface area contributed by atoms with Gasteiger partial charge in [-0.3, -0.25) is 4.79 Å². The monoisotopic (exact) mass is 473 g/mol. The number of fused-ring (bicyclic) bond motifs is 2. The normalized spacial score (nSPS) is 15.6. The van der Waals surface area contributed by atoms with Crippen molar-refractivity contribution in [2.24, 2.45) is 0 Å². The molecule has 0 saturated carbocycles. The summed E-state index contributed by atoms with van der Waals surface area (Å²) in [5, 5.41) is 15.7. The SMILES string of the molecule is Cc1nc2cc(-c3[nH]c4ccc(C5CCN(C(=O)CC(C)(C)O)CC5)cc4c3C(C)C)ccn2n1. The molecule has 0 unspecified atom stereocenters. The highest BCUT2D eigenvalue weighted by molar-refractivity contribution is 5.92. The maximum atomic E-state index is 12.5. The zero-order valence-corrected chi connectivity index (χ0v) is 21.3. The lowest BCUT2D eigenvalue weighted by Gasteiger charge is -2.33. The summed E-state index contributed by atoms with van der Waals surface area (Å²) in [5.74, 6) is 1.59. The average Bonchev–Trinajstić information content (AvgIpc) is 3.36. The number of piperidine rings is 1. The van der Waals surface area contributed by atoms with E-state index in [4.69, 9.17) is 0 Å². The summed E-state index contributed by atoms with van der Waals surface area (Å²) in [7, 11) is 0. The fourth-order valence-corrected chi connectivity index (χ4v) is 5.40. The second-order valence-corrected chi connectivity index (χ2v) is 10.9. The van der Waals surface area contributed by atoms with Crippen LogP contribution >= 0.6 is 0 Å². The van der Waals surface area contributed by atoms with Crippen LogP contribution in [0.5, 0.6) is 0 Å². The Kier molecular flexibility index (Phi) is 5.91. The maximum Gasteiger partial charge on any atom is 0.225 e. The second-order valence-electron chi connectivity index (χ2n) is 10.9. The lowest BCUT2D eigenvalue weighted by molar-refractivity contribution is -0.136. The van der Waals surface area contributed by atoms with Gasteiger partial charge in [0.15, 0.2) is 5.65 Å². The first-order chi connectivity index (χ1) is 16.6. The van der Waals surface area contributed by atoms with Crippen LogP contribution in [0.15, 0.2) is 36.5 Å². The molecule has 1 aliphatic rings.